The molecular weight excluding hydrogens is 287 g/mol. The maximum Gasteiger partial charge on any atom is 0.242 e. The quantitative estimate of drug-likeness (QED) is 0.912. The van der Waals surface area contributed by atoms with Crippen molar-refractivity contribution in [3.8, 4) is 0 Å². The van der Waals surface area contributed by atoms with Crippen LogP contribution in [0.25, 0.3) is 0 Å². The summed E-state index contributed by atoms with van der Waals surface area (Å²) in [4.78, 5) is 12.6. The maximum absolute atomic E-state index is 13.0. The molecule has 0 aliphatic heterocycles. The molecule has 0 bridgehead atoms. The molecule has 0 aliphatic rings. The molecule has 1 amide bonds. The van der Waals surface area contributed by atoms with Gasteiger partial charge < -0.3 is 11.1 Å². The van der Waals surface area contributed by atoms with Gasteiger partial charge in [-0.1, -0.05) is 23.7 Å². The summed E-state index contributed by atoms with van der Waals surface area (Å²) >= 11 is 7.09. The monoisotopic (exact) mass is 298 g/mol. The second-order valence-corrected chi connectivity index (χ2v) is 5.35. The van der Waals surface area contributed by atoms with Crippen LogP contribution in [0.3, 0.4) is 0 Å². The SMILES string of the molecule is NC(C(=O)NCc1ccc(F)c(Cl)c1)c1cccs1. The van der Waals surface area contributed by atoms with Gasteiger partial charge in [0.05, 0.1) is 5.02 Å². The summed E-state index contributed by atoms with van der Waals surface area (Å²) < 4.78 is 13.0. The zero-order chi connectivity index (χ0) is 13.8. The Hall–Kier alpha value is -1.43. The van der Waals surface area contributed by atoms with E-state index in [4.69, 9.17) is 17.3 Å². The average molecular weight is 299 g/mol. The molecule has 1 aromatic heterocycles. The summed E-state index contributed by atoms with van der Waals surface area (Å²) in [5, 5.41) is 4.60. The van der Waals surface area contributed by atoms with E-state index in [1.807, 2.05) is 17.5 Å². The van der Waals surface area contributed by atoms with Crippen molar-refractivity contribution in [2.24, 2.45) is 5.73 Å². The predicted octanol–water partition coefficient (Wildman–Crippen LogP) is 2.86. The number of nitrogens with one attached hydrogen (secondary N) is 1. The first-order valence-corrected chi connectivity index (χ1v) is 6.84. The van der Waals surface area contributed by atoms with Crippen molar-refractivity contribution in [1.29, 1.82) is 0 Å². The number of thiophene rings is 1. The molecule has 1 unspecified atom stereocenters. The summed E-state index contributed by atoms with van der Waals surface area (Å²) in [7, 11) is 0. The van der Waals surface area contributed by atoms with E-state index < -0.39 is 11.9 Å². The fourth-order valence-electron chi connectivity index (χ4n) is 1.55. The van der Waals surface area contributed by atoms with Crippen LogP contribution in [0.15, 0.2) is 35.7 Å². The summed E-state index contributed by atoms with van der Waals surface area (Å²) in [6, 6.07) is 7.28. The number of amides is 1. The van der Waals surface area contributed by atoms with Crippen LogP contribution in [0.4, 0.5) is 4.39 Å². The van der Waals surface area contributed by atoms with Crippen LogP contribution in [0.5, 0.6) is 0 Å². The first-order chi connectivity index (χ1) is 9.08. The highest BCUT2D eigenvalue weighted by molar-refractivity contribution is 7.10. The van der Waals surface area contributed by atoms with E-state index in [-0.39, 0.29) is 17.5 Å². The molecule has 3 N–H and O–H groups in total. The minimum atomic E-state index is -0.684. The van der Waals surface area contributed by atoms with Crippen LogP contribution in [-0.4, -0.2) is 5.91 Å². The van der Waals surface area contributed by atoms with E-state index in [1.165, 1.54) is 23.5 Å². The molecule has 0 aliphatic carbocycles. The van der Waals surface area contributed by atoms with Crippen LogP contribution < -0.4 is 11.1 Å². The fourth-order valence-corrected chi connectivity index (χ4v) is 2.47. The van der Waals surface area contributed by atoms with Crippen LogP contribution in [0.1, 0.15) is 16.5 Å². The standard InChI is InChI=1S/C13H12ClFN2OS/c14-9-6-8(3-4-10(9)15)7-17-13(18)12(16)11-2-1-5-19-11/h1-6,12H,7,16H2,(H,17,18). The highest BCUT2D eigenvalue weighted by Crippen LogP contribution is 2.18. The van der Waals surface area contributed by atoms with Gasteiger partial charge in [-0.05, 0) is 29.1 Å². The summed E-state index contributed by atoms with van der Waals surface area (Å²) in [6.07, 6.45) is 0. The second kappa shape index (κ2) is 6.14. The van der Waals surface area contributed by atoms with Gasteiger partial charge in [-0.2, -0.15) is 0 Å². The molecule has 3 nitrogen and oxygen atoms in total. The molecule has 19 heavy (non-hydrogen) atoms. The molecule has 0 saturated heterocycles. The molecule has 0 saturated carbocycles. The van der Waals surface area contributed by atoms with Gasteiger partial charge in [0.15, 0.2) is 0 Å². The molecule has 0 spiro atoms. The Balaban J connectivity index is 1.95. The number of hydrogen-bond acceptors (Lipinski definition) is 3. The second-order valence-electron chi connectivity index (χ2n) is 3.96. The smallest absolute Gasteiger partial charge is 0.242 e. The van der Waals surface area contributed by atoms with Gasteiger partial charge in [0.1, 0.15) is 11.9 Å². The van der Waals surface area contributed by atoms with Gasteiger partial charge >= 0.3 is 0 Å². The number of carbonyl (C=O) groups excluding carboxylic acids is 1. The number of benzene rings is 1. The van der Waals surface area contributed by atoms with Gasteiger partial charge in [0, 0.05) is 11.4 Å². The van der Waals surface area contributed by atoms with Crippen molar-refractivity contribution in [2.45, 2.75) is 12.6 Å². The highest BCUT2D eigenvalue weighted by atomic mass is 35.5. The molecule has 2 rings (SSSR count). The van der Waals surface area contributed by atoms with E-state index in [0.29, 0.717) is 0 Å². The van der Waals surface area contributed by atoms with E-state index in [0.717, 1.165) is 10.4 Å². The molecule has 1 heterocycles. The Labute approximate surface area is 119 Å². The van der Waals surface area contributed by atoms with Crippen molar-refractivity contribution in [2.75, 3.05) is 0 Å². The van der Waals surface area contributed by atoms with Crippen molar-refractivity contribution >= 4 is 28.8 Å². The summed E-state index contributed by atoms with van der Waals surface area (Å²) in [6.45, 7) is 0.262. The molecule has 6 heteroatoms. The molecule has 1 atom stereocenters. The minimum absolute atomic E-state index is 0.0364. The van der Waals surface area contributed by atoms with E-state index in [2.05, 4.69) is 5.32 Å². The number of carbonyl (C=O) groups is 1. The minimum Gasteiger partial charge on any atom is -0.350 e. The van der Waals surface area contributed by atoms with Gasteiger partial charge in [0.2, 0.25) is 5.91 Å². The highest BCUT2D eigenvalue weighted by Gasteiger charge is 2.16. The van der Waals surface area contributed by atoms with E-state index in [9.17, 15) is 9.18 Å². The molecule has 0 radical (unpaired) electrons. The van der Waals surface area contributed by atoms with Crippen LogP contribution >= 0.6 is 22.9 Å². The Kier molecular flexibility index (Phi) is 4.52. The zero-order valence-electron chi connectivity index (χ0n) is 9.90. The number of rotatable bonds is 4. The lowest BCUT2D eigenvalue weighted by Gasteiger charge is -2.11. The van der Waals surface area contributed by atoms with Crippen molar-refractivity contribution in [3.63, 3.8) is 0 Å². The number of halogens is 2. The lowest BCUT2D eigenvalue weighted by atomic mass is 10.2. The lowest BCUT2D eigenvalue weighted by Crippen LogP contribution is -2.33. The van der Waals surface area contributed by atoms with Crippen LogP contribution in [0.2, 0.25) is 5.02 Å². The third-order valence-electron chi connectivity index (χ3n) is 2.58. The molecule has 1 aromatic carbocycles. The Bertz CT molecular complexity index is 574. The normalized spacial score (nSPS) is 12.2. The number of hydrogen-bond donors (Lipinski definition) is 2. The van der Waals surface area contributed by atoms with Crippen LogP contribution in [0, 0.1) is 5.82 Å². The number of nitrogens with two attached hydrogens (primary N) is 1. The van der Waals surface area contributed by atoms with Crippen molar-refractivity contribution in [3.05, 3.63) is 57.0 Å². The summed E-state index contributed by atoms with van der Waals surface area (Å²) in [5.74, 6) is -0.755. The third-order valence-corrected chi connectivity index (χ3v) is 3.83. The van der Waals surface area contributed by atoms with E-state index >= 15 is 0 Å². The molecule has 100 valence electrons. The van der Waals surface area contributed by atoms with Crippen molar-refractivity contribution < 1.29 is 9.18 Å². The Morgan fingerprint density at radius 1 is 1.47 bits per heavy atom. The van der Waals surface area contributed by atoms with E-state index in [1.54, 1.807) is 6.07 Å². The first kappa shape index (κ1) is 14.0. The van der Waals surface area contributed by atoms with Gasteiger partial charge in [-0.3, -0.25) is 4.79 Å². The van der Waals surface area contributed by atoms with Crippen LogP contribution in [-0.2, 0) is 11.3 Å². The average Bonchev–Trinajstić information content (AvgIpc) is 2.93. The zero-order valence-corrected chi connectivity index (χ0v) is 11.5. The fraction of sp³-hybridized carbons (Fsp3) is 0.154. The lowest BCUT2D eigenvalue weighted by molar-refractivity contribution is -0.122. The molecule has 2 aromatic rings. The largest absolute Gasteiger partial charge is 0.350 e. The van der Waals surface area contributed by atoms with Gasteiger partial charge in [-0.15, -0.1) is 11.3 Å². The molecule has 0 fully saturated rings. The predicted molar refractivity (Wildman–Crippen MR) is 74.5 cm³/mol. The van der Waals surface area contributed by atoms with Gasteiger partial charge in [-0.25, -0.2) is 4.39 Å². The molecular formula is C13H12ClFN2OS. The van der Waals surface area contributed by atoms with Gasteiger partial charge in [0.25, 0.3) is 0 Å². The Morgan fingerprint density at radius 3 is 2.89 bits per heavy atom. The van der Waals surface area contributed by atoms with Crippen molar-refractivity contribution in [1.82, 2.24) is 5.32 Å². The third kappa shape index (κ3) is 3.53. The Morgan fingerprint density at radius 2 is 2.26 bits per heavy atom. The summed E-state index contributed by atoms with van der Waals surface area (Å²) in [5.41, 5.74) is 6.53. The maximum atomic E-state index is 13.0. The topological polar surface area (TPSA) is 55.1 Å². The first-order valence-electron chi connectivity index (χ1n) is 5.58.